The lowest BCUT2D eigenvalue weighted by Gasteiger charge is -2.30. The number of nitrogens with one attached hydrogen (secondary N) is 3. The van der Waals surface area contributed by atoms with Crippen LogP contribution in [0.1, 0.15) is 31.2 Å². The Balaban J connectivity index is 1.45. The number of rotatable bonds is 7. The van der Waals surface area contributed by atoms with Gasteiger partial charge in [-0.1, -0.05) is 46.9 Å². The van der Waals surface area contributed by atoms with E-state index in [1.165, 1.54) is 11.3 Å². The first-order chi connectivity index (χ1) is 18.1. The second-order valence-electron chi connectivity index (χ2n) is 8.35. The molecule has 1 aromatic heterocycles. The van der Waals surface area contributed by atoms with E-state index < -0.39 is 23.8 Å². The zero-order valence-electron chi connectivity index (χ0n) is 19.6. The fourth-order valence-corrected chi connectivity index (χ4v) is 5.52. The van der Waals surface area contributed by atoms with Crippen molar-refractivity contribution in [3.63, 3.8) is 0 Å². The number of hydrogen-bond donors (Lipinski definition) is 4. The molecule has 4 amide bonds. The Bertz CT molecular complexity index is 1400. The van der Waals surface area contributed by atoms with Crippen LogP contribution in [0.3, 0.4) is 0 Å². The van der Waals surface area contributed by atoms with Gasteiger partial charge in [-0.3, -0.25) is 9.59 Å². The highest BCUT2D eigenvalue weighted by molar-refractivity contribution is 7.12. The van der Waals surface area contributed by atoms with E-state index in [9.17, 15) is 24.3 Å². The van der Waals surface area contributed by atoms with Crippen molar-refractivity contribution in [2.45, 2.75) is 19.0 Å². The van der Waals surface area contributed by atoms with Gasteiger partial charge < -0.3 is 26.0 Å². The Hall–Kier alpha value is -3.31. The van der Waals surface area contributed by atoms with Crippen molar-refractivity contribution >= 4 is 75.6 Å². The van der Waals surface area contributed by atoms with E-state index in [1.54, 1.807) is 52.7 Å². The molecule has 13 heteroatoms. The van der Waals surface area contributed by atoms with Gasteiger partial charge in [-0.2, -0.15) is 0 Å². The molecule has 38 heavy (non-hydrogen) atoms. The Morgan fingerprint density at radius 2 is 1.84 bits per heavy atom. The molecule has 3 aromatic rings. The number of benzene rings is 2. The minimum Gasteiger partial charge on any atom is -0.480 e. The Kier molecular flexibility index (Phi) is 8.78. The maximum atomic E-state index is 13.0. The summed E-state index contributed by atoms with van der Waals surface area (Å²) in [5.41, 5.74) is 1.80. The average Bonchev–Trinajstić information content (AvgIpc) is 3.41. The minimum atomic E-state index is -1.42. The van der Waals surface area contributed by atoms with E-state index in [2.05, 4.69) is 16.0 Å². The van der Waals surface area contributed by atoms with Crippen LogP contribution in [-0.2, 0) is 17.8 Å². The number of amides is 4. The van der Waals surface area contributed by atoms with Gasteiger partial charge in [-0.15, -0.1) is 11.3 Å². The van der Waals surface area contributed by atoms with Crippen molar-refractivity contribution in [2.75, 3.05) is 18.4 Å². The summed E-state index contributed by atoms with van der Waals surface area (Å²) in [5, 5.41) is 19.5. The first-order valence-corrected chi connectivity index (χ1v) is 13.3. The fourth-order valence-electron chi connectivity index (χ4n) is 3.92. The van der Waals surface area contributed by atoms with E-state index in [-0.39, 0.29) is 34.7 Å². The number of carboxylic acids is 1. The van der Waals surface area contributed by atoms with Gasteiger partial charge in [0.1, 0.15) is 6.04 Å². The largest absolute Gasteiger partial charge is 0.480 e. The van der Waals surface area contributed by atoms with Crippen LogP contribution >= 0.6 is 46.1 Å². The SMILES string of the molecule is O=C(NC[C@H](NC(=O)c1c(Cl)cc2c(c1Cl)CCN(C(=O)Nc1cccc(Cl)c1)C2)C(=O)O)c1cccs1. The van der Waals surface area contributed by atoms with E-state index in [0.29, 0.717) is 39.7 Å². The molecule has 0 spiro atoms. The predicted octanol–water partition coefficient (Wildman–Crippen LogP) is 4.91. The second-order valence-corrected chi connectivity index (χ2v) is 10.5. The summed E-state index contributed by atoms with van der Waals surface area (Å²) >= 11 is 20.1. The van der Waals surface area contributed by atoms with Crippen LogP contribution in [0, 0.1) is 0 Å². The lowest BCUT2D eigenvalue weighted by Crippen LogP contribution is -2.48. The third kappa shape index (κ3) is 6.39. The number of anilines is 1. The van der Waals surface area contributed by atoms with E-state index in [0.717, 1.165) is 0 Å². The van der Waals surface area contributed by atoms with Gasteiger partial charge in [0.15, 0.2) is 0 Å². The van der Waals surface area contributed by atoms with Gasteiger partial charge in [0.2, 0.25) is 0 Å². The third-order valence-corrected chi connectivity index (χ3v) is 7.63. The molecule has 0 saturated heterocycles. The van der Waals surface area contributed by atoms with Crippen molar-refractivity contribution in [3.8, 4) is 0 Å². The molecule has 0 saturated carbocycles. The summed E-state index contributed by atoms with van der Waals surface area (Å²) in [6, 6.07) is 9.87. The molecule has 198 valence electrons. The molecule has 9 nitrogen and oxygen atoms in total. The smallest absolute Gasteiger partial charge is 0.328 e. The number of halogens is 3. The molecular weight excluding hydrogens is 575 g/mol. The van der Waals surface area contributed by atoms with Crippen molar-refractivity contribution in [1.82, 2.24) is 15.5 Å². The minimum absolute atomic E-state index is 0.00936. The number of carbonyl (C=O) groups excluding carboxylic acids is 3. The molecule has 2 heterocycles. The van der Waals surface area contributed by atoms with E-state index >= 15 is 0 Å². The molecule has 0 aliphatic carbocycles. The Morgan fingerprint density at radius 3 is 2.53 bits per heavy atom. The fraction of sp³-hybridized carbons (Fsp3) is 0.200. The van der Waals surface area contributed by atoms with Gasteiger partial charge in [0.25, 0.3) is 11.8 Å². The van der Waals surface area contributed by atoms with Crippen LogP contribution in [-0.4, -0.2) is 53.0 Å². The van der Waals surface area contributed by atoms with Gasteiger partial charge in [-0.05, 0) is 53.3 Å². The molecule has 4 rings (SSSR count). The first-order valence-electron chi connectivity index (χ1n) is 11.3. The third-order valence-electron chi connectivity index (χ3n) is 5.81. The summed E-state index contributed by atoms with van der Waals surface area (Å²) < 4.78 is 0. The summed E-state index contributed by atoms with van der Waals surface area (Å²) in [6.45, 7) is 0.193. The molecule has 0 bridgehead atoms. The molecule has 0 fully saturated rings. The highest BCUT2D eigenvalue weighted by Gasteiger charge is 2.29. The summed E-state index contributed by atoms with van der Waals surface area (Å²) in [6.07, 6.45) is 0.355. The van der Waals surface area contributed by atoms with Crippen LogP contribution in [0.4, 0.5) is 10.5 Å². The normalized spacial score (nSPS) is 13.3. The van der Waals surface area contributed by atoms with Crippen molar-refractivity contribution in [2.24, 2.45) is 0 Å². The number of carboxylic acid groups (broad SMARTS) is 1. The molecular formula is C25H21Cl3N4O5S. The molecule has 2 aromatic carbocycles. The highest BCUT2D eigenvalue weighted by Crippen LogP contribution is 2.35. The zero-order chi connectivity index (χ0) is 27.4. The number of aliphatic carboxylic acids is 1. The maximum absolute atomic E-state index is 13.0. The number of carbonyl (C=O) groups is 4. The van der Waals surface area contributed by atoms with Crippen molar-refractivity contribution < 1.29 is 24.3 Å². The summed E-state index contributed by atoms with van der Waals surface area (Å²) in [5.74, 6) is -2.58. The summed E-state index contributed by atoms with van der Waals surface area (Å²) in [7, 11) is 0. The van der Waals surface area contributed by atoms with Crippen LogP contribution in [0.5, 0.6) is 0 Å². The number of hydrogen-bond acceptors (Lipinski definition) is 5. The predicted molar refractivity (Wildman–Crippen MR) is 147 cm³/mol. The quantitative estimate of drug-likeness (QED) is 0.309. The highest BCUT2D eigenvalue weighted by atomic mass is 35.5. The summed E-state index contributed by atoms with van der Waals surface area (Å²) in [4.78, 5) is 51.7. The topological polar surface area (TPSA) is 128 Å². The monoisotopic (exact) mass is 594 g/mol. The van der Waals surface area contributed by atoms with Crippen LogP contribution in [0.25, 0.3) is 0 Å². The van der Waals surface area contributed by atoms with E-state index in [4.69, 9.17) is 34.8 Å². The lowest BCUT2D eigenvalue weighted by molar-refractivity contribution is -0.139. The number of fused-ring (bicyclic) bond motifs is 1. The molecule has 4 N–H and O–H groups in total. The maximum Gasteiger partial charge on any atom is 0.328 e. The van der Waals surface area contributed by atoms with Crippen molar-refractivity contribution in [3.05, 3.63) is 84.5 Å². The molecule has 1 atom stereocenters. The Morgan fingerprint density at radius 1 is 1.05 bits per heavy atom. The standard InChI is InChI=1S/C25H21Cl3N4O5S/c26-14-3-1-4-15(10-14)30-25(37)32-7-6-16-13(12-32)9-17(27)20(21(16)28)23(34)31-18(24(35)36)11-29-22(33)19-5-2-8-38-19/h1-5,8-10,18H,6-7,11-12H2,(H,29,33)(H,30,37)(H,31,34)(H,35,36)/t18-/m0/s1. The average molecular weight is 596 g/mol. The first kappa shape index (κ1) is 27.7. The van der Waals surface area contributed by atoms with E-state index in [1.807, 2.05) is 0 Å². The number of thiophene rings is 1. The van der Waals surface area contributed by atoms with Crippen LogP contribution in [0.15, 0.2) is 47.8 Å². The molecule has 1 aliphatic heterocycles. The number of nitrogens with zero attached hydrogens (tertiary/aromatic N) is 1. The molecule has 1 aliphatic rings. The van der Waals surface area contributed by atoms with Gasteiger partial charge >= 0.3 is 12.0 Å². The zero-order valence-corrected chi connectivity index (χ0v) is 22.7. The second kappa shape index (κ2) is 12.0. The van der Waals surface area contributed by atoms with Gasteiger partial charge in [0.05, 0.1) is 20.5 Å². The lowest BCUT2D eigenvalue weighted by atomic mass is 9.96. The molecule has 0 unspecified atom stereocenters. The van der Waals surface area contributed by atoms with Crippen LogP contribution in [0.2, 0.25) is 15.1 Å². The van der Waals surface area contributed by atoms with Gasteiger partial charge in [-0.25, -0.2) is 9.59 Å². The van der Waals surface area contributed by atoms with Crippen LogP contribution < -0.4 is 16.0 Å². The van der Waals surface area contributed by atoms with Crippen molar-refractivity contribution in [1.29, 1.82) is 0 Å². The molecule has 0 radical (unpaired) electrons. The Labute approximate surface area is 236 Å². The van der Waals surface area contributed by atoms with Gasteiger partial charge in [0, 0.05) is 30.3 Å². The number of urea groups is 1.